The van der Waals surface area contributed by atoms with Crippen LogP contribution in [0.5, 0.6) is 0 Å². The zero-order valence-electron chi connectivity index (χ0n) is 14.0. The van der Waals surface area contributed by atoms with E-state index in [1.54, 1.807) is 11.3 Å². The Morgan fingerprint density at radius 2 is 1.70 bits per heavy atom. The van der Waals surface area contributed by atoms with Gasteiger partial charge in [0, 0.05) is 28.6 Å². The van der Waals surface area contributed by atoms with Crippen molar-refractivity contribution in [2.24, 2.45) is 0 Å². The van der Waals surface area contributed by atoms with Crippen molar-refractivity contribution in [2.75, 3.05) is 10.6 Å². The van der Waals surface area contributed by atoms with Gasteiger partial charge in [0.1, 0.15) is 4.83 Å². The lowest BCUT2D eigenvalue weighted by Gasteiger charge is -2.08. The third-order valence-electron chi connectivity index (χ3n) is 4.17. The predicted octanol–water partition coefficient (Wildman–Crippen LogP) is 5.61. The summed E-state index contributed by atoms with van der Waals surface area (Å²) in [4.78, 5) is 19.6. The highest BCUT2D eigenvalue weighted by Gasteiger charge is 2.15. The Hall–Kier alpha value is -3.16. The minimum atomic E-state index is -0.120. The largest absolute Gasteiger partial charge is 0.356 e. The molecule has 3 heterocycles. The molecule has 5 nitrogen and oxygen atoms in total. The Labute approximate surface area is 162 Å². The molecule has 0 fully saturated rings. The van der Waals surface area contributed by atoms with Crippen LogP contribution in [0.1, 0.15) is 9.67 Å². The van der Waals surface area contributed by atoms with Crippen LogP contribution in [-0.2, 0) is 0 Å². The summed E-state index contributed by atoms with van der Waals surface area (Å²) >= 11 is 3.00. The van der Waals surface area contributed by atoms with Crippen LogP contribution >= 0.6 is 22.7 Å². The second-order valence-electron chi connectivity index (χ2n) is 5.99. The molecule has 5 rings (SSSR count). The quantitative estimate of drug-likeness (QED) is 0.419. The Kier molecular flexibility index (Phi) is 3.88. The molecule has 0 aliphatic carbocycles. The zero-order valence-corrected chi connectivity index (χ0v) is 15.7. The third-order valence-corrected chi connectivity index (χ3v) is 5.94. The van der Waals surface area contributed by atoms with Gasteiger partial charge in [0.25, 0.3) is 5.91 Å². The number of hydrogen-bond donors (Lipinski definition) is 2. The van der Waals surface area contributed by atoms with Crippen LogP contribution in [-0.4, -0.2) is 15.3 Å². The summed E-state index contributed by atoms with van der Waals surface area (Å²) in [6.45, 7) is 0. The number of imidazole rings is 1. The number of nitrogens with one attached hydrogen (secondary N) is 2. The molecule has 7 heteroatoms. The number of thiophene rings is 1. The van der Waals surface area contributed by atoms with Crippen LogP contribution in [0.15, 0.2) is 72.2 Å². The van der Waals surface area contributed by atoms with E-state index in [0.29, 0.717) is 4.88 Å². The first-order valence-corrected chi connectivity index (χ1v) is 10.0. The number of benzene rings is 2. The maximum absolute atomic E-state index is 12.6. The molecule has 0 saturated carbocycles. The molecule has 2 aromatic carbocycles. The number of fused-ring (bicyclic) bond motifs is 3. The predicted molar refractivity (Wildman–Crippen MR) is 113 cm³/mol. The summed E-state index contributed by atoms with van der Waals surface area (Å²) in [5.41, 5.74) is 3.72. The number of carbonyl (C=O) groups excluding carboxylic acids is 1. The van der Waals surface area contributed by atoms with Gasteiger partial charge < -0.3 is 10.6 Å². The Morgan fingerprint density at radius 3 is 2.52 bits per heavy atom. The van der Waals surface area contributed by atoms with Gasteiger partial charge in [0.15, 0.2) is 4.96 Å². The van der Waals surface area contributed by atoms with E-state index < -0.39 is 0 Å². The van der Waals surface area contributed by atoms with Crippen LogP contribution < -0.4 is 10.6 Å². The fraction of sp³-hybridized carbons (Fsp3) is 0. The highest BCUT2D eigenvalue weighted by Crippen LogP contribution is 2.29. The topological polar surface area (TPSA) is 58.4 Å². The second kappa shape index (κ2) is 6.53. The number of rotatable bonds is 4. The van der Waals surface area contributed by atoms with Gasteiger partial charge in [-0.1, -0.05) is 18.2 Å². The molecule has 0 unspecified atom stereocenters. The van der Waals surface area contributed by atoms with E-state index in [9.17, 15) is 4.79 Å². The minimum absolute atomic E-state index is 0.120. The summed E-state index contributed by atoms with van der Waals surface area (Å²) < 4.78 is 2.01. The standard InChI is InChI=1S/C20H14N4OS2/c25-18(17-12-16-19(27-17)23-20-24(16)10-11-26-20)22-15-8-6-14(7-9-15)21-13-4-2-1-3-5-13/h1-12,21H,(H,22,25). The average Bonchev–Trinajstić information content (AvgIpc) is 3.36. The second-order valence-corrected chi connectivity index (χ2v) is 7.89. The molecular formula is C20H14N4OS2. The van der Waals surface area contributed by atoms with Gasteiger partial charge in [-0.25, -0.2) is 4.98 Å². The molecule has 5 aromatic rings. The summed E-state index contributed by atoms with van der Waals surface area (Å²) in [6.07, 6.45) is 1.97. The van der Waals surface area contributed by atoms with E-state index >= 15 is 0 Å². The van der Waals surface area contributed by atoms with Gasteiger partial charge in [0.05, 0.1) is 10.4 Å². The molecule has 0 bridgehead atoms. The lowest BCUT2D eigenvalue weighted by Crippen LogP contribution is -2.10. The van der Waals surface area contributed by atoms with Gasteiger partial charge >= 0.3 is 0 Å². The van der Waals surface area contributed by atoms with Crippen molar-refractivity contribution in [3.8, 4) is 0 Å². The fourth-order valence-corrected chi connectivity index (χ4v) is 4.57. The normalized spacial score (nSPS) is 11.1. The van der Waals surface area contributed by atoms with Crippen LogP contribution in [0.3, 0.4) is 0 Å². The van der Waals surface area contributed by atoms with E-state index in [1.807, 2.05) is 76.6 Å². The fourth-order valence-electron chi connectivity index (χ4n) is 2.88. The van der Waals surface area contributed by atoms with Gasteiger partial charge in [-0.05, 0) is 42.5 Å². The number of aromatic nitrogens is 2. The minimum Gasteiger partial charge on any atom is -0.356 e. The zero-order chi connectivity index (χ0) is 18.2. The number of carbonyl (C=O) groups is 1. The molecule has 0 radical (unpaired) electrons. The SMILES string of the molecule is O=C(Nc1ccc(Nc2ccccc2)cc1)c1cc2c(nc3sccn32)s1. The van der Waals surface area contributed by atoms with E-state index in [0.717, 1.165) is 32.4 Å². The van der Waals surface area contributed by atoms with Crippen molar-refractivity contribution in [3.63, 3.8) is 0 Å². The molecule has 0 saturated heterocycles. The Balaban J connectivity index is 1.32. The molecule has 1 amide bonds. The third kappa shape index (κ3) is 3.07. The summed E-state index contributed by atoms with van der Waals surface area (Å²) in [6, 6.07) is 19.5. The summed E-state index contributed by atoms with van der Waals surface area (Å²) in [7, 11) is 0. The number of thiazole rings is 1. The smallest absolute Gasteiger partial charge is 0.265 e. The van der Waals surface area contributed by atoms with Crippen molar-refractivity contribution < 1.29 is 4.79 Å². The molecule has 2 N–H and O–H groups in total. The molecule has 0 spiro atoms. The maximum atomic E-state index is 12.6. The molecule has 0 atom stereocenters. The number of hydrogen-bond acceptors (Lipinski definition) is 5. The number of amides is 1. The highest BCUT2D eigenvalue weighted by atomic mass is 32.1. The lowest BCUT2D eigenvalue weighted by molar-refractivity contribution is 0.103. The number of para-hydroxylation sites is 1. The average molecular weight is 390 g/mol. The first-order valence-electron chi connectivity index (χ1n) is 8.35. The van der Waals surface area contributed by atoms with Crippen molar-refractivity contribution in [1.82, 2.24) is 9.38 Å². The Bertz CT molecular complexity index is 1240. The van der Waals surface area contributed by atoms with E-state index in [-0.39, 0.29) is 5.91 Å². The van der Waals surface area contributed by atoms with Gasteiger partial charge in [0.2, 0.25) is 0 Å². The monoisotopic (exact) mass is 390 g/mol. The summed E-state index contributed by atoms with van der Waals surface area (Å²) in [5, 5.41) is 8.27. The highest BCUT2D eigenvalue weighted by molar-refractivity contribution is 7.21. The van der Waals surface area contributed by atoms with Crippen LogP contribution in [0.4, 0.5) is 17.1 Å². The molecular weight excluding hydrogens is 376 g/mol. The van der Waals surface area contributed by atoms with Crippen molar-refractivity contribution >= 4 is 61.0 Å². The first-order chi connectivity index (χ1) is 13.3. The summed E-state index contributed by atoms with van der Waals surface area (Å²) in [5.74, 6) is -0.120. The van der Waals surface area contributed by atoms with Crippen molar-refractivity contribution in [3.05, 3.63) is 77.1 Å². The van der Waals surface area contributed by atoms with Crippen molar-refractivity contribution in [2.45, 2.75) is 0 Å². The van der Waals surface area contributed by atoms with E-state index in [1.165, 1.54) is 11.3 Å². The number of anilines is 3. The van der Waals surface area contributed by atoms with Gasteiger partial charge in [-0.15, -0.1) is 22.7 Å². The molecule has 0 aliphatic heterocycles. The van der Waals surface area contributed by atoms with E-state index in [2.05, 4.69) is 15.6 Å². The first kappa shape index (κ1) is 16.0. The van der Waals surface area contributed by atoms with Crippen LogP contribution in [0.2, 0.25) is 0 Å². The van der Waals surface area contributed by atoms with Gasteiger partial charge in [-0.2, -0.15) is 0 Å². The Morgan fingerprint density at radius 1 is 0.963 bits per heavy atom. The number of nitrogens with zero attached hydrogens (tertiary/aromatic N) is 2. The van der Waals surface area contributed by atoms with Crippen LogP contribution in [0, 0.1) is 0 Å². The van der Waals surface area contributed by atoms with Crippen molar-refractivity contribution in [1.29, 1.82) is 0 Å². The van der Waals surface area contributed by atoms with Gasteiger partial charge in [-0.3, -0.25) is 9.20 Å². The molecule has 27 heavy (non-hydrogen) atoms. The maximum Gasteiger partial charge on any atom is 0.265 e. The molecule has 3 aromatic heterocycles. The van der Waals surface area contributed by atoms with E-state index in [4.69, 9.17) is 0 Å². The lowest BCUT2D eigenvalue weighted by atomic mass is 10.2. The molecule has 0 aliphatic rings. The molecule has 132 valence electrons. The van der Waals surface area contributed by atoms with Crippen LogP contribution in [0.25, 0.3) is 15.3 Å².